The van der Waals surface area contributed by atoms with E-state index in [-0.39, 0.29) is 17.4 Å². The van der Waals surface area contributed by atoms with E-state index >= 15 is 0 Å². The Kier molecular flexibility index (Phi) is 6.15. The lowest BCUT2D eigenvalue weighted by Crippen LogP contribution is -2.30. The Labute approximate surface area is 203 Å². The topological polar surface area (TPSA) is 38.1 Å². The Morgan fingerprint density at radius 1 is 0.829 bits per heavy atom. The SMILES string of the molecule is CCc1nc2ccc(N(C)c3ccc(F)cc3)cc2c(=O)n1C(c1ccccc1)c1ccccc1. The van der Waals surface area contributed by atoms with Gasteiger partial charge in [0, 0.05) is 24.8 Å². The lowest BCUT2D eigenvalue weighted by molar-refractivity contribution is 0.604. The fraction of sp³-hybridized carbons (Fsp3) is 0.133. The van der Waals surface area contributed by atoms with Crippen molar-refractivity contribution in [1.82, 2.24) is 9.55 Å². The molecular formula is C30H26FN3O. The molecule has 4 nitrogen and oxygen atoms in total. The van der Waals surface area contributed by atoms with Crippen molar-refractivity contribution >= 4 is 22.3 Å². The first-order valence-corrected chi connectivity index (χ1v) is 11.7. The number of benzene rings is 4. The average Bonchev–Trinajstić information content (AvgIpc) is 2.91. The van der Waals surface area contributed by atoms with Gasteiger partial charge in [-0.25, -0.2) is 9.37 Å². The van der Waals surface area contributed by atoms with Crippen LogP contribution < -0.4 is 10.5 Å². The molecule has 0 amide bonds. The first-order chi connectivity index (χ1) is 17.1. The number of hydrogen-bond donors (Lipinski definition) is 0. The van der Waals surface area contributed by atoms with Crippen molar-refractivity contribution in [2.75, 3.05) is 11.9 Å². The summed E-state index contributed by atoms with van der Waals surface area (Å²) in [5.74, 6) is 0.451. The van der Waals surface area contributed by atoms with E-state index in [1.54, 1.807) is 12.1 Å². The van der Waals surface area contributed by atoms with Crippen LogP contribution in [0.3, 0.4) is 0 Å². The summed E-state index contributed by atoms with van der Waals surface area (Å²) in [6.45, 7) is 2.02. The molecule has 0 radical (unpaired) electrons. The van der Waals surface area contributed by atoms with Crippen LogP contribution in [-0.2, 0) is 6.42 Å². The molecule has 0 N–H and O–H groups in total. The summed E-state index contributed by atoms with van der Waals surface area (Å²) in [5, 5.41) is 0.547. The van der Waals surface area contributed by atoms with Gasteiger partial charge in [0.15, 0.2) is 0 Å². The average molecular weight is 464 g/mol. The summed E-state index contributed by atoms with van der Waals surface area (Å²) < 4.78 is 15.2. The number of aryl methyl sites for hydroxylation is 1. The predicted octanol–water partition coefficient (Wildman–Crippen LogP) is 6.50. The van der Waals surface area contributed by atoms with Crippen LogP contribution >= 0.6 is 0 Å². The molecule has 1 aromatic heterocycles. The van der Waals surface area contributed by atoms with E-state index in [4.69, 9.17) is 4.98 Å². The second kappa shape index (κ2) is 9.55. The van der Waals surface area contributed by atoms with Crippen LogP contribution in [0.2, 0.25) is 0 Å². The third-order valence-corrected chi connectivity index (χ3v) is 6.36. The molecule has 35 heavy (non-hydrogen) atoms. The number of aromatic nitrogens is 2. The second-order valence-electron chi connectivity index (χ2n) is 8.52. The molecule has 0 unspecified atom stereocenters. The molecule has 0 aliphatic heterocycles. The van der Waals surface area contributed by atoms with E-state index < -0.39 is 0 Å². The summed E-state index contributed by atoms with van der Waals surface area (Å²) >= 11 is 0. The largest absolute Gasteiger partial charge is 0.345 e. The van der Waals surface area contributed by atoms with Gasteiger partial charge >= 0.3 is 0 Å². The molecule has 4 aromatic carbocycles. The normalized spacial score (nSPS) is 11.2. The van der Waals surface area contributed by atoms with Crippen LogP contribution in [0.5, 0.6) is 0 Å². The van der Waals surface area contributed by atoms with Gasteiger partial charge in [0.2, 0.25) is 0 Å². The van der Waals surface area contributed by atoms with Gasteiger partial charge in [-0.15, -0.1) is 0 Å². The highest BCUT2D eigenvalue weighted by atomic mass is 19.1. The van der Waals surface area contributed by atoms with Gasteiger partial charge in [0.05, 0.1) is 16.9 Å². The standard InChI is InChI=1S/C30H26FN3O/c1-3-28-32-27-19-18-25(33(2)24-16-14-23(31)15-17-24)20-26(27)30(35)34(28)29(21-10-6-4-7-11-21)22-12-8-5-9-13-22/h4-20,29H,3H2,1-2H3. The highest BCUT2D eigenvalue weighted by Gasteiger charge is 2.22. The molecule has 0 aliphatic rings. The monoisotopic (exact) mass is 463 g/mol. The molecule has 0 saturated heterocycles. The fourth-order valence-electron chi connectivity index (χ4n) is 4.53. The zero-order chi connectivity index (χ0) is 24.4. The summed E-state index contributed by atoms with van der Waals surface area (Å²) in [6.07, 6.45) is 0.624. The van der Waals surface area contributed by atoms with E-state index in [1.165, 1.54) is 12.1 Å². The summed E-state index contributed by atoms with van der Waals surface area (Å²) in [7, 11) is 1.90. The van der Waals surface area contributed by atoms with E-state index in [0.717, 1.165) is 28.3 Å². The van der Waals surface area contributed by atoms with Gasteiger partial charge in [0.1, 0.15) is 11.6 Å². The fourth-order valence-corrected chi connectivity index (χ4v) is 4.53. The number of fused-ring (bicyclic) bond motifs is 1. The van der Waals surface area contributed by atoms with Crippen molar-refractivity contribution in [3.05, 3.63) is 136 Å². The first-order valence-electron chi connectivity index (χ1n) is 11.7. The Hall–Kier alpha value is -4.25. The quantitative estimate of drug-likeness (QED) is 0.288. The Bertz CT molecular complexity index is 1470. The van der Waals surface area contributed by atoms with Gasteiger partial charge < -0.3 is 4.90 Å². The number of halogens is 1. The number of rotatable bonds is 6. The van der Waals surface area contributed by atoms with E-state index in [2.05, 4.69) is 0 Å². The second-order valence-corrected chi connectivity index (χ2v) is 8.52. The molecule has 5 aromatic rings. The molecule has 0 aliphatic carbocycles. The van der Waals surface area contributed by atoms with Crippen LogP contribution in [0.4, 0.5) is 15.8 Å². The zero-order valence-corrected chi connectivity index (χ0v) is 19.7. The van der Waals surface area contributed by atoms with Gasteiger partial charge in [-0.3, -0.25) is 9.36 Å². The van der Waals surface area contributed by atoms with Crippen molar-refractivity contribution in [2.24, 2.45) is 0 Å². The minimum Gasteiger partial charge on any atom is -0.345 e. The molecule has 1 heterocycles. The van der Waals surface area contributed by atoms with Crippen LogP contribution in [0.25, 0.3) is 10.9 Å². The first kappa shape index (κ1) is 22.5. The smallest absolute Gasteiger partial charge is 0.262 e. The summed E-state index contributed by atoms with van der Waals surface area (Å²) in [5.41, 5.74) is 4.29. The molecule has 174 valence electrons. The van der Waals surface area contributed by atoms with Gasteiger partial charge in [0.25, 0.3) is 5.56 Å². The van der Waals surface area contributed by atoms with Crippen LogP contribution in [0, 0.1) is 5.82 Å². The van der Waals surface area contributed by atoms with Crippen LogP contribution in [-0.4, -0.2) is 16.6 Å². The lowest BCUT2D eigenvalue weighted by atomic mass is 9.97. The van der Waals surface area contributed by atoms with E-state index in [1.807, 2.05) is 102 Å². The Balaban J connectivity index is 1.71. The number of anilines is 2. The van der Waals surface area contributed by atoms with Crippen molar-refractivity contribution < 1.29 is 4.39 Å². The van der Waals surface area contributed by atoms with Crippen LogP contribution in [0.15, 0.2) is 108 Å². The van der Waals surface area contributed by atoms with Crippen molar-refractivity contribution in [1.29, 1.82) is 0 Å². The zero-order valence-electron chi connectivity index (χ0n) is 19.7. The molecule has 5 heteroatoms. The maximum absolute atomic E-state index is 14.1. The molecule has 5 rings (SSSR count). The highest BCUT2D eigenvalue weighted by molar-refractivity contribution is 5.83. The molecule has 0 spiro atoms. The summed E-state index contributed by atoms with van der Waals surface area (Å²) in [6, 6.07) is 31.8. The minimum absolute atomic E-state index is 0.0843. The molecule has 0 fully saturated rings. The maximum Gasteiger partial charge on any atom is 0.262 e. The van der Waals surface area contributed by atoms with Crippen LogP contribution in [0.1, 0.15) is 29.9 Å². The lowest BCUT2D eigenvalue weighted by Gasteiger charge is -2.25. The molecule has 0 saturated carbocycles. The van der Waals surface area contributed by atoms with E-state index in [9.17, 15) is 9.18 Å². The molecule has 0 atom stereocenters. The number of hydrogen-bond acceptors (Lipinski definition) is 3. The van der Waals surface area contributed by atoms with Gasteiger partial charge in [-0.05, 0) is 53.6 Å². The highest BCUT2D eigenvalue weighted by Crippen LogP contribution is 2.29. The maximum atomic E-state index is 14.1. The van der Waals surface area contributed by atoms with Gasteiger partial charge in [-0.2, -0.15) is 0 Å². The summed E-state index contributed by atoms with van der Waals surface area (Å²) in [4.78, 5) is 20.9. The predicted molar refractivity (Wildman–Crippen MR) is 140 cm³/mol. The Morgan fingerprint density at radius 2 is 1.40 bits per heavy atom. The van der Waals surface area contributed by atoms with E-state index in [0.29, 0.717) is 17.3 Å². The van der Waals surface area contributed by atoms with Crippen molar-refractivity contribution in [3.8, 4) is 0 Å². The third-order valence-electron chi connectivity index (χ3n) is 6.36. The molecule has 0 bridgehead atoms. The minimum atomic E-state index is -0.296. The number of nitrogens with zero attached hydrogens (tertiary/aromatic N) is 3. The Morgan fingerprint density at radius 3 is 1.97 bits per heavy atom. The van der Waals surface area contributed by atoms with Crippen molar-refractivity contribution in [3.63, 3.8) is 0 Å². The van der Waals surface area contributed by atoms with Gasteiger partial charge in [-0.1, -0.05) is 67.6 Å². The third kappa shape index (κ3) is 4.33. The van der Waals surface area contributed by atoms with Crippen molar-refractivity contribution in [2.45, 2.75) is 19.4 Å². The molecular weight excluding hydrogens is 437 g/mol.